The third-order valence-electron chi connectivity index (χ3n) is 6.28. The van der Waals surface area contributed by atoms with E-state index in [2.05, 4.69) is 36.5 Å². The number of aliphatic hydroxyl groups excluding tert-OH is 1. The fourth-order valence-corrected chi connectivity index (χ4v) is 5.07. The van der Waals surface area contributed by atoms with Crippen LogP contribution in [-0.2, 0) is 9.53 Å². The average molecular weight is 574 g/mol. The maximum Gasteiger partial charge on any atom is 0.408 e. The number of anilines is 2. The van der Waals surface area contributed by atoms with Gasteiger partial charge in [0.1, 0.15) is 17.2 Å². The Kier molecular flexibility index (Phi) is 7.33. The number of nitrogens with two attached hydrogens (primary N) is 1. The van der Waals surface area contributed by atoms with Crippen molar-refractivity contribution in [2.24, 2.45) is 0 Å². The molecule has 0 spiro atoms. The number of hydrogen-bond donors (Lipinski definition) is 4. The number of ether oxygens (including phenoxy) is 1. The molecule has 3 heterocycles. The molecule has 0 saturated carbocycles. The number of halogens is 1. The lowest BCUT2D eigenvalue weighted by Gasteiger charge is -2.43. The number of imidazole rings is 1. The highest BCUT2D eigenvalue weighted by molar-refractivity contribution is 9.10. The Morgan fingerprint density at radius 3 is 2.76 bits per heavy atom. The number of piperidine rings is 1. The van der Waals surface area contributed by atoms with E-state index in [1.54, 1.807) is 50.8 Å². The number of nitrogen functional groups attached to an aromatic ring is 1. The van der Waals surface area contributed by atoms with Gasteiger partial charge in [0.05, 0.1) is 18.4 Å². The van der Waals surface area contributed by atoms with Gasteiger partial charge in [-0.2, -0.15) is 0 Å². The van der Waals surface area contributed by atoms with Crippen LogP contribution in [0.3, 0.4) is 0 Å². The van der Waals surface area contributed by atoms with Crippen molar-refractivity contribution in [3.63, 3.8) is 0 Å². The van der Waals surface area contributed by atoms with Crippen molar-refractivity contribution in [3.8, 4) is 0 Å². The lowest BCUT2D eigenvalue weighted by Crippen LogP contribution is -2.66. The predicted octanol–water partition coefficient (Wildman–Crippen LogP) is 2.77. The fraction of sp³-hybridized carbons (Fsp3) is 0.440. The predicted molar refractivity (Wildman–Crippen MR) is 143 cm³/mol. The molecule has 5 N–H and O–H groups in total. The SMILES string of the molecule is CNC(=O)C1(NC(=O)OC(C)(C)C)CCCN(c2ccc(Br)cc2C(O)c2cnc3c(N)nccn23)C1. The summed E-state index contributed by atoms with van der Waals surface area (Å²) in [6, 6.07) is 5.59. The van der Waals surface area contributed by atoms with Crippen molar-refractivity contribution in [2.45, 2.75) is 50.9 Å². The first-order valence-corrected chi connectivity index (χ1v) is 12.8. The zero-order chi connectivity index (χ0) is 27.0. The summed E-state index contributed by atoms with van der Waals surface area (Å²) in [5, 5.41) is 17.0. The standard InChI is InChI=1S/C25H32BrN7O4/c1-24(2,3)37-23(36)31-25(22(35)28-4)8-5-10-32(14-25)17-7-6-15(26)12-16(17)19(34)18-13-30-21-20(27)29-9-11-33(18)21/h6-7,9,11-13,19,34H,5,8,10,14H2,1-4H3,(H2,27,29)(H,28,35)(H,31,36). The normalized spacial score (nSPS) is 18.9. The molecular weight excluding hydrogens is 542 g/mol. The smallest absolute Gasteiger partial charge is 0.408 e. The molecule has 2 amide bonds. The number of nitrogens with one attached hydrogen (secondary N) is 2. The zero-order valence-corrected chi connectivity index (χ0v) is 22.9. The van der Waals surface area contributed by atoms with Crippen LogP contribution in [0.1, 0.15) is 51.0 Å². The molecule has 0 bridgehead atoms. The van der Waals surface area contributed by atoms with Gasteiger partial charge in [0.15, 0.2) is 11.5 Å². The Morgan fingerprint density at radius 1 is 1.30 bits per heavy atom. The van der Waals surface area contributed by atoms with Gasteiger partial charge in [-0.25, -0.2) is 14.8 Å². The third-order valence-corrected chi connectivity index (χ3v) is 6.78. The van der Waals surface area contributed by atoms with Gasteiger partial charge in [-0.1, -0.05) is 15.9 Å². The van der Waals surface area contributed by atoms with Crippen LogP contribution in [0.4, 0.5) is 16.3 Å². The number of nitrogens with zero attached hydrogens (tertiary/aromatic N) is 4. The first kappa shape index (κ1) is 26.7. The van der Waals surface area contributed by atoms with Crippen LogP contribution in [0.15, 0.2) is 41.3 Å². The van der Waals surface area contributed by atoms with Gasteiger partial charge >= 0.3 is 6.09 Å². The quantitative estimate of drug-likeness (QED) is 0.364. The minimum Gasteiger partial charge on any atom is -0.444 e. The monoisotopic (exact) mass is 573 g/mol. The largest absolute Gasteiger partial charge is 0.444 e. The van der Waals surface area contributed by atoms with E-state index in [1.165, 1.54) is 0 Å². The van der Waals surface area contributed by atoms with Crippen molar-refractivity contribution in [1.82, 2.24) is 25.0 Å². The molecule has 0 aliphatic carbocycles. The summed E-state index contributed by atoms with van der Waals surface area (Å²) in [5.74, 6) is -0.0537. The highest BCUT2D eigenvalue weighted by Crippen LogP contribution is 2.36. The van der Waals surface area contributed by atoms with Crippen molar-refractivity contribution < 1.29 is 19.4 Å². The van der Waals surface area contributed by atoms with E-state index < -0.39 is 23.3 Å². The molecule has 2 aromatic heterocycles. The molecule has 3 aromatic rings. The van der Waals surface area contributed by atoms with Crippen molar-refractivity contribution in [3.05, 3.63) is 52.5 Å². The van der Waals surface area contributed by atoms with Crippen LogP contribution < -0.4 is 21.3 Å². The summed E-state index contributed by atoms with van der Waals surface area (Å²) >= 11 is 3.51. The van der Waals surface area contributed by atoms with Gasteiger partial charge in [-0.15, -0.1) is 0 Å². The molecule has 1 aliphatic heterocycles. The van der Waals surface area contributed by atoms with Crippen molar-refractivity contribution in [1.29, 1.82) is 0 Å². The molecule has 2 atom stereocenters. The average Bonchev–Trinajstić information content (AvgIpc) is 3.27. The highest BCUT2D eigenvalue weighted by Gasteiger charge is 2.44. The minimum atomic E-state index is -1.21. The molecule has 12 heteroatoms. The summed E-state index contributed by atoms with van der Waals surface area (Å²) in [6.07, 6.45) is 4.16. The summed E-state index contributed by atoms with van der Waals surface area (Å²) in [5.41, 5.74) is 6.33. The Bertz CT molecular complexity index is 1320. The number of benzene rings is 1. The second-order valence-electron chi connectivity index (χ2n) is 10.1. The van der Waals surface area contributed by atoms with E-state index in [1.807, 2.05) is 23.1 Å². The van der Waals surface area contributed by atoms with Gasteiger partial charge in [-0.3, -0.25) is 9.20 Å². The number of fused-ring (bicyclic) bond motifs is 1. The number of alkyl carbamates (subject to hydrolysis) is 1. The Morgan fingerprint density at radius 2 is 2.05 bits per heavy atom. The van der Waals surface area contributed by atoms with Crippen LogP contribution in [0.25, 0.3) is 5.65 Å². The Hall–Kier alpha value is -3.38. The molecule has 11 nitrogen and oxygen atoms in total. The van der Waals surface area contributed by atoms with E-state index >= 15 is 0 Å². The van der Waals surface area contributed by atoms with Gasteiger partial charge in [0.2, 0.25) is 5.91 Å². The van der Waals surface area contributed by atoms with Crippen molar-refractivity contribution >= 4 is 45.1 Å². The summed E-state index contributed by atoms with van der Waals surface area (Å²) in [6.45, 7) is 6.13. The summed E-state index contributed by atoms with van der Waals surface area (Å²) < 4.78 is 7.94. The molecule has 198 valence electrons. The van der Waals surface area contributed by atoms with Crippen LogP contribution >= 0.6 is 15.9 Å². The minimum absolute atomic E-state index is 0.192. The number of amides is 2. The highest BCUT2D eigenvalue weighted by atomic mass is 79.9. The number of hydrogen-bond acceptors (Lipinski definition) is 8. The first-order chi connectivity index (χ1) is 17.4. The molecular formula is C25H32BrN7O4. The molecule has 1 aliphatic rings. The third kappa shape index (κ3) is 5.49. The van der Waals surface area contributed by atoms with Crippen LogP contribution in [0.5, 0.6) is 0 Å². The van der Waals surface area contributed by atoms with Gasteiger partial charge in [0, 0.05) is 41.7 Å². The van der Waals surface area contributed by atoms with Gasteiger partial charge in [0.25, 0.3) is 0 Å². The van der Waals surface area contributed by atoms with Crippen molar-refractivity contribution in [2.75, 3.05) is 30.8 Å². The molecule has 37 heavy (non-hydrogen) atoms. The van der Waals surface area contributed by atoms with Gasteiger partial charge in [-0.05, 0) is 51.8 Å². The number of aromatic nitrogens is 3. The Balaban J connectivity index is 1.71. The van der Waals surface area contributed by atoms with E-state index in [0.29, 0.717) is 36.3 Å². The van der Waals surface area contributed by atoms with Crippen LogP contribution in [0.2, 0.25) is 0 Å². The van der Waals surface area contributed by atoms with E-state index in [0.717, 1.165) is 10.2 Å². The Labute approximate surface area is 223 Å². The zero-order valence-electron chi connectivity index (χ0n) is 21.3. The second kappa shape index (κ2) is 10.2. The van der Waals surface area contributed by atoms with Gasteiger partial charge < -0.3 is 31.1 Å². The van der Waals surface area contributed by atoms with E-state index in [9.17, 15) is 14.7 Å². The molecule has 1 aromatic carbocycles. The molecule has 2 unspecified atom stereocenters. The molecule has 1 saturated heterocycles. The fourth-order valence-electron chi connectivity index (χ4n) is 4.70. The number of rotatable bonds is 5. The topological polar surface area (TPSA) is 147 Å². The van der Waals surface area contributed by atoms with E-state index in [-0.39, 0.29) is 18.3 Å². The maximum atomic E-state index is 13.1. The lowest BCUT2D eigenvalue weighted by molar-refractivity contribution is -0.127. The van der Waals surface area contributed by atoms with E-state index in [4.69, 9.17) is 10.5 Å². The van der Waals surface area contributed by atoms with Crippen LogP contribution in [-0.4, -0.2) is 62.8 Å². The summed E-state index contributed by atoms with van der Waals surface area (Å²) in [7, 11) is 1.54. The molecule has 0 radical (unpaired) electrons. The van der Waals surface area contributed by atoms with Crippen LogP contribution in [0, 0.1) is 0 Å². The summed E-state index contributed by atoms with van der Waals surface area (Å²) in [4.78, 5) is 36.2. The second-order valence-corrected chi connectivity index (χ2v) is 11.0. The lowest BCUT2D eigenvalue weighted by atomic mass is 9.87. The number of likely N-dealkylation sites (N-methyl/N-ethyl adjacent to an activating group) is 1. The molecule has 1 fully saturated rings. The molecule has 4 rings (SSSR count). The first-order valence-electron chi connectivity index (χ1n) is 12.0. The number of carbonyl (C=O) groups is 2. The number of aliphatic hydroxyl groups is 1. The number of carbonyl (C=O) groups excluding carboxylic acids is 2. The maximum absolute atomic E-state index is 13.1.